The number of rotatable bonds is 2. The molecule has 1 unspecified atom stereocenters. The number of anilines is 1. The lowest BCUT2D eigenvalue weighted by Gasteiger charge is -2.20. The fraction of sp³-hybridized carbons (Fsp3) is 0.636. The Morgan fingerprint density at radius 1 is 1.48 bits per heavy atom. The van der Waals surface area contributed by atoms with Crippen LogP contribution in [0.25, 0.3) is 0 Å². The van der Waals surface area contributed by atoms with Gasteiger partial charge in [0.1, 0.15) is 11.9 Å². The van der Waals surface area contributed by atoms with Crippen LogP contribution in [0.5, 0.6) is 0 Å². The van der Waals surface area contributed by atoms with Crippen molar-refractivity contribution in [1.82, 2.24) is 9.55 Å². The van der Waals surface area contributed by atoms with Crippen molar-refractivity contribution in [3.05, 3.63) is 22.7 Å². The van der Waals surface area contributed by atoms with Crippen molar-refractivity contribution in [2.75, 3.05) is 12.3 Å². The quantitative estimate of drug-likeness (QED) is 0.723. The SMILES string of the molecule is C.C.Cl.Nc1ccn([C@@H]2O[C@H](CO)C(O)C2(F)F)c(=O)n1. The van der Waals surface area contributed by atoms with Crippen LogP contribution in [0, 0.1) is 0 Å². The van der Waals surface area contributed by atoms with Gasteiger partial charge in [-0.2, -0.15) is 13.8 Å². The summed E-state index contributed by atoms with van der Waals surface area (Å²) in [6.07, 6.45) is -4.69. The zero-order chi connectivity index (χ0) is 13.5. The third kappa shape index (κ3) is 3.67. The maximum Gasteiger partial charge on any atom is 0.351 e. The number of hydrogen-bond donors (Lipinski definition) is 3. The van der Waals surface area contributed by atoms with E-state index in [2.05, 4.69) is 4.98 Å². The maximum absolute atomic E-state index is 13.7. The Morgan fingerprint density at radius 3 is 2.48 bits per heavy atom. The van der Waals surface area contributed by atoms with Gasteiger partial charge in [0.15, 0.2) is 6.10 Å². The molecule has 0 spiro atoms. The van der Waals surface area contributed by atoms with Crippen molar-refractivity contribution in [2.24, 2.45) is 0 Å². The highest BCUT2D eigenvalue weighted by Gasteiger charge is 2.59. The number of nitrogen functional groups attached to an aromatic ring is 1. The average molecular weight is 332 g/mol. The first-order valence-electron chi connectivity index (χ1n) is 5.04. The minimum atomic E-state index is -3.71. The number of aliphatic hydroxyl groups excluding tert-OH is 2. The van der Waals surface area contributed by atoms with Crippen molar-refractivity contribution in [3.8, 4) is 0 Å². The van der Waals surface area contributed by atoms with Gasteiger partial charge in [0.25, 0.3) is 0 Å². The molecule has 2 rings (SSSR count). The highest BCUT2D eigenvalue weighted by Crippen LogP contribution is 2.41. The number of ether oxygens (including phenoxy) is 1. The molecule has 2 heterocycles. The molecule has 1 saturated heterocycles. The van der Waals surface area contributed by atoms with E-state index in [1.165, 1.54) is 0 Å². The molecule has 1 aliphatic rings. The normalized spacial score (nSPS) is 26.2. The van der Waals surface area contributed by atoms with Gasteiger partial charge in [0.2, 0.25) is 6.23 Å². The minimum absolute atomic E-state index is 0. The standard InChI is InChI=1S/C9H11F2N3O4.2CH4.ClH/c10-9(11)6(16)4(3-15)18-7(9)14-2-1-5(12)13-8(14)17;;;/h1-2,4,6-7,15-16H,3H2,(H2,12,13,17);2*1H4;1H/t4-,6?,7-;;;/m1.../s1. The van der Waals surface area contributed by atoms with E-state index in [-0.39, 0.29) is 33.1 Å². The lowest BCUT2D eigenvalue weighted by atomic mass is 10.1. The molecule has 1 aromatic heterocycles. The van der Waals surface area contributed by atoms with Crippen LogP contribution in [0.2, 0.25) is 0 Å². The second-order valence-corrected chi connectivity index (χ2v) is 3.87. The predicted octanol–water partition coefficient (Wildman–Crippen LogP) is 0.405. The Kier molecular flexibility index (Phi) is 8.01. The molecular formula is C11H20ClF2N3O4. The first-order valence-corrected chi connectivity index (χ1v) is 5.04. The third-order valence-electron chi connectivity index (χ3n) is 2.66. The van der Waals surface area contributed by atoms with Gasteiger partial charge in [-0.1, -0.05) is 14.9 Å². The molecule has 21 heavy (non-hydrogen) atoms. The van der Waals surface area contributed by atoms with Gasteiger partial charge in [-0.25, -0.2) is 4.79 Å². The van der Waals surface area contributed by atoms with Gasteiger partial charge in [0, 0.05) is 6.20 Å². The van der Waals surface area contributed by atoms with Gasteiger partial charge in [0.05, 0.1) is 6.61 Å². The van der Waals surface area contributed by atoms with E-state index in [1.807, 2.05) is 0 Å². The van der Waals surface area contributed by atoms with E-state index in [4.69, 9.17) is 15.6 Å². The first kappa shape index (κ1) is 22.0. The van der Waals surface area contributed by atoms with Crippen LogP contribution in [0.3, 0.4) is 0 Å². The summed E-state index contributed by atoms with van der Waals surface area (Å²) >= 11 is 0. The molecule has 4 N–H and O–H groups in total. The number of hydrogen-bond acceptors (Lipinski definition) is 6. The van der Waals surface area contributed by atoms with E-state index in [9.17, 15) is 18.7 Å². The molecule has 0 saturated carbocycles. The van der Waals surface area contributed by atoms with E-state index in [0.717, 1.165) is 12.3 Å². The van der Waals surface area contributed by atoms with Crippen molar-refractivity contribution in [3.63, 3.8) is 0 Å². The molecule has 0 amide bonds. The van der Waals surface area contributed by atoms with E-state index >= 15 is 0 Å². The summed E-state index contributed by atoms with van der Waals surface area (Å²) in [5.41, 5.74) is 4.21. The summed E-state index contributed by atoms with van der Waals surface area (Å²) in [4.78, 5) is 14.7. The van der Waals surface area contributed by atoms with Crippen molar-refractivity contribution in [1.29, 1.82) is 0 Å². The summed E-state index contributed by atoms with van der Waals surface area (Å²) in [6.45, 7) is -0.787. The number of aliphatic hydroxyl groups is 2. The Bertz CT molecular complexity index is 514. The van der Waals surface area contributed by atoms with Crippen LogP contribution in [0.1, 0.15) is 21.1 Å². The predicted molar refractivity (Wildman–Crippen MR) is 75.6 cm³/mol. The molecule has 124 valence electrons. The summed E-state index contributed by atoms with van der Waals surface area (Å²) in [5.74, 6) is -3.83. The number of nitrogens with two attached hydrogens (primary N) is 1. The van der Waals surface area contributed by atoms with Gasteiger partial charge in [-0.15, -0.1) is 12.4 Å². The zero-order valence-corrected chi connectivity index (χ0v) is 10.3. The second-order valence-electron chi connectivity index (χ2n) is 3.87. The molecule has 10 heteroatoms. The second kappa shape index (κ2) is 7.64. The van der Waals surface area contributed by atoms with Crippen LogP contribution in [-0.2, 0) is 4.74 Å². The molecular weight excluding hydrogens is 312 g/mol. The Hall–Kier alpha value is -1.29. The molecule has 0 bridgehead atoms. The number of alkyl halides is 2. The highest BCUT2D eigenvalue weighted by atomic mass is 35.5. The van der Waals surface area contributed by atoms with Crippen LogP contribution >= 0.6 is 12.4 Å². The van der Waals surface area contributed by atoms with Crippen molar-refractivity contribution < 1.29 is 23.7 Å². The Labute approximate surface area is 126 Å². The smallest absolute Gasteiger partial charge is 0.351 e. The molecule has 1 aromatic rings. The fourth-order valence-electron chi connectivity index (χ4n) is 1.72. The summed E-state index contributed by atoms with van der Waals surface area (Å²) in [5, 5.41) is 18.1. The van der Waals surface area contributed by atoms with Gasteiger partial charge in [-0.05, 0) is 6.07 Å². The zero-order valence-electron chi connectivity index (χ0n) is 9.44. The van der Waals surface area contributed by atoms with Crippen LogP contribution < -0.4 is 11.4 Å². The molecule has 1 fully saturated rings. The molecule has 7 nitrogen and oxygen atoms in total. The number of halogens is 3. The maximum atomic E-state index is 13.7. The van der Waals surface area contributed by atoms with Crippen LogP contribution in [0.15, 0.2) is 17.1 Å². The summed E-state index contributed by atoms with van der Waals surface area (Å²) in [6, 6.07) is 1.15. The molecule has 0 aliphatic carbocycles. The van der Waals surface area contributed by atoms with Gasteiger partial charge < -0.3 is 20.7 Å². The average Bonchev–Trinajstić information content (AvgIpc) is 2.52. The van der Waals surface area contributed by atoms with Crippen LogP contribution in [-0.4, -0.2) is 44.5 Å². The molecule has 0 radical (unpaired) electrons. The summed E-state index contributed by atoms with van der Waals surface area (Å²) in [7, 11) is 0. The van der Waals surface area contributed by atoms with E-state index in [0.29, 0.717) is 4.57 Å². The highest BCUT2D eigenvalue weighted by molar-refractivity contribution is 5.85. The molecule has 3 atom stereocenters. The Morgan fingerprint density at radius 2 is 2.05 bits per heavy atom. The minimum Gasteiger partial charge on any atom is -0.394 e. The van der Waals surface area contributed by atoms with E-state index in [1.54, 1.807) is 0 Å². The first-order chi connectivity index (χ1) is 8.37. The molecule has 0 aromatic carbocycles. The van der Waals surface area contributed by atoms with E-state index < -0.39 is 36.7 Å². The summed E-state index contributed by atoms with van der Waals surface area (Å²) < 4.78 is 32.7. The van der Waals surface area contributed by atoms with Crippen molar-refractivity contribution >= 4 is 18.2 Å². The number of nitrogens with zero attached hydrogens (tertiary/aromatic N) is 2. The lowest BCUT2D eigenvalue weighted by Crippen LogP contribution is -2.41. The van der Waals surface area contributed by atoms with Crippen molar-refractivity contribution in [2.45, 2.75) is 39.2 Å². The molecule has 1 aliphatic heterocycles. The Balaban J connectivity index is 0. The van der Waals surface area contributed by atoms with Gasteiger partial charge in [-0.3, -0.25) is 4.57 Å². The number of aromatic nitrogens is 2. The largest absolute Gasteiger partial charge is 0.394 e. The third-order valence-corrected chi connectivity index (χ3v) is 2.66. The van der Waals surface area contributed by atoms with Gasteiger partial charge >= 0.3 is 11.6 Å². The fourth-order valence-corrected chi connectivity index (χ4v) is 1.72. The monoisotopic (exact) mass is 331 g/mol. The van der Waals surface area contributed by atoms with Crippen LogP contribution in [0.4, 0.5) is 14.6 Å². The lowest BCUT2D eigenvalue weighted by molar-refractivity contribution is -0.140. The topological polar surface area (TPSA) is 111 Å².